The van der Waals surface area contributed by atoms with Gasteiger partial charge in [-0.3, -0.25) is 4.79 Å². The number of ether oxygens (including phenoxy) is 2. The third kappa shape index (κ3) is 4.51. The lowest BCUT2D eigenvalue weighted by molar-refractivity contribution is -0.127. The Bertz CT molecular complexity index is 695. The number of carbonyl (C=O) groups is 1. The van der Waals surface area contributed by atoms with Crippen LogP contribution in [0.3, 0.4) is 0 Å². The molecule has 0 fully saturated rings. The highest BCUT2D eigenvalue weighted by Crippen LogP contribution is 2.19. The summed E-state index contributed by atoms with van der Waals surface area (Å²) < 4.78 is 10.8. The van der Waals surface area contributed by atoms with Crippen LogP contribution >= 0.6 is 0 Å². The Balaban J connectivity index is 1.95. The molecule has 0 aromatic heterocycles. The van der Waals surface area contributed by atoms with Gasteiger partial charge in [0.1, 0.15) is 11.5 Å². The SMILES string of the molecule is COc1ccc(O[C@H](C)C(=O)N[C@@H](C)c2ccc(C)c(C)c2)cc1. The van der Waals surface area contributed by atoms with E-state index < -0.39 is 6.10 Å². The third-order valence-electron chi connectivity index (χ3n) is 4.13. The topological polar surface area (TPSA) is 47.6 Å². The van der Waals surface area contributed by atoms with Crippen molar-refractivity contribution in [2.45, 2.75) is 39.8 Å². The Morgan fingerprint density at radius 2 is 1.58 bits per heavy atom. The van der Waals surface area contributed by atoms with Crippen LogP contribution in [0.15, 0.2) is 42.5 Å². The molecule has 0 aliphatic carbocycles. The number of benzene rings is 2. The lowest BCUT2D eigenvalue weighted by atomic mass is 10.0. The molecular formula is C20H25NO3. The Kier molecular flexibility index (Phi) is 5.85. The predicted octanol–water partition coefficient (Wildman–Crippen LogP) is 3.96. The van der Waals surface area contributed by atoms with Crippen molar-refractivity contribution >= 4 is 5.91 Å². The van der Waals surface area contributed by atoms with Gasteiger partial charge in [-0.15, -0.1) is 0 Å². The molecule has 2 aromatic rings. The highest BCUT2D eigenvalue weighted by atomic mass is 16.5. The van der Waals surface area contributed by atoms with Gasteiger partial charge in [-0.25, -0.2) is 0 Å². The zero-order valence-corrected chi connectivity index (χ0v) is 14.9. The van der Waals surface area contributed by atoms with Gasteiger partial charge in [-0.2, -0.15) is 0 Å². The molecule has 0 saturated carbocycles. The molecule has 2 rings (SSSR count). The van der Waals surface area contributed by atoms with Gasteiger partial charge < -0.3 is 14.8 Å². The van der Waals surface area contributed by atoms with E-state index in [1.807, 2.05) is 13.0 Å². The second-order valence-electron chi connectivity index (χ2n) is 6.01. The van der Waals surface area contributed by atoms with Gasteiger partial charge in [0.2, 0.25) is 0 Å². The van der Waals surface area contributed by atoms with Gasteiger partial charge in [-0.05, 0) is 68.7 Å². The first-order valence-corrected chi connectivity index (χ1v) is 8.09. The number of hydrogen-bond donors (Lipinski definition) is 1. The van der Waals surface area contributed by atoms with Crippen LogP contribution in [0.2, 0.25) is 0 Å². The van der Waals surface area contributed by atoms with E-state index in [1.54, 1.807) is 38.3 Å². The summed E-state index contributed by atoms with van der Waals surface area (Å²) >= 11 is 0. The molecule has 4 heteroatoms. The number of carbonyl (C=O) groups excluding carboxylic acids is 1. The van der Waals surface area contributed by atoms with E-state index in [0.29, 0.717) is 5.75 Å². The van der Waals surface area contributed by atoms with Crippen molar-refractivity contribution < 1.29 is 14.3 Å². The van der Waals surface area contributed by atoms with Gasteiger partial charge in [-0.1, -0.05) is 18.2 Å². The van der Waals surface area contributed by atoms with Gasteiger partial charge >= 0.3 is 0 Å². The summed E-state index contributed by atoms with van der Waals surface area (Å²) in [4.78, 5) is 12.3. The average Bonchev–Trinajstić information content (AvgIpc) is 2.57. The molecule has 1 N–H and O–H groups in total. The summed E-state index contributed by atoms with van der Waals surface area (Å²) in [5.74, 6) is 1.25. The highest BCUT2D eigenvalue weighted by Gasteiger charge is 2.18. The fourth-order valence-corrected chi connectivity index (χ4v) is 2.36. The molecule has 0 radical (unpaired) electrons. The van der Waals surface area contributed by atoms with Crippen molar-refractivity contribution in [1.82, 2.24) is 5.32 Å². The van der Waals surface area contributed by atoms with Crippen molar-refractivity contribution in [1.29, 1.82) is 0 Å². The fraction of sp³-hybridized carbons (Fsp3) is 0.350. The molecule has 0 aliphatic rings. The minimum atomic E-state index is -0.576. The van der Waals surface area contributed by atoms with E-state index in [2.05, 4.69) is 31.3 Å². The zero-order chi connectivity index (χ0) is 17.7. The maximum Gasteiger partial charge on any atom is 0.261 e. The van der Waals surface area contributed by atoms with Crippen LogP contribution in [0.4, 0.5) is 0 Å². The van der Waals surface area contributed by atoms with E-state index in [9.17, 15) is 4.79 Å². The van der Waals surface area contributed by atoms with Crippen molar-refractivity contribution in [2.24, 2.45) is 0 Å². The van der Waals surface area contributed by atoms with Gasteiger partial charge in [0, 0.05) is 0 Å². The van der Waals surface area contributed by atoms with Gasteiger partial charge in [0.15, 0.2) is 6.10 Å². The third-order valence-corrected chi connectivity index (χ3v) is 4.13. The quantitative estimate of drug-likeness (QED) is 0.874. The van der Waals surface area contributed by atoms with Crippen molar-refractivity contribution in [2.75, 3.05) is 7.11 Å². The van der Waals surface area contributed by atoms with Crippen LogP contribution in [0.25, 0.3) is 0 Å². The summed E-state index contributed by atoms with van der Waals surface area (Å²) in [7, 11) is 1.61. The summed E-state index contributed by atoms with van der Waals surface area (Å²) in [6.45, 7) is 7.87. The number of hydrogen-bond acceptors (Lipinski definition) is 3. The Morgan fingerprint density at radius 3 is 2.17 bits per heavy atom. The molecule has 4 nitrogen and oxygen atoms in total. The Labute approximate surface area is 143 Å². The first-order valence-electron chi connectivity index (χ1n) is 8.09. The molecule has 0 bridgehead atoms. The van der Waals surface area contributed by atoms with E-state index in [4.69, 9.17) is 9.47 Å². The van der Waals surface area contributed by atoms with Gasteiger partial charge in [0.05, 0.1) is 13.2 Å². The lowest BCUT2D eigenvalue weighted by Gasteiger charge is -2.19. The highest BCUT2D eigenvalue weighted by molar-refractivity contribution is 5.81. The van der Waals surface area contributed by atoms with Crippen LogP contribution in [0, 0.1) is 13.8 Å². The van der Waals surface area contributed by atoms with E-state index in [-0.39, 0.29) is 11.9 Å². The Hall–Kier alpha value is -2.49. The lowest BCUT2D eigenvalue weighted by Crippen LogP contribution is -2.37. The summed E-state index contributed by atoms with van der Waals surface area (Å²) in [5, 5.41) is 3.00. The zero-order valence-electron chi connectivity index (χ0n) is 14.9. The van der Waals surface area contributed by atoms with E-state index in [1.165, 1.54) is 11.1 Å². The molecule has 0 unspecified atom stereocenters. The number of nitrogens with one attached hydrogen (secondary N) is 1. The predicted molar refractivity (Wildman–Crippen MR) is 95.6 cm³/mol. The summed E-state index contributed by atoms with van der Waals surface area (Å²) in [6, 6.07) is 13.3. The molecule has 24 heavy (non-hydrogen) atoms. The molecule has 0 heterocycles. The Morgan fingerprint density at radius 1 is 0.958 bits per heavy atom. The first-order chi connectivity index (χ1) is 11.4. The van der Waals surface area contributed by atoms with Crippen molar-refractivity contribution in [3.63, 3.8) is 0 Å². The maximum absolute atomic E-state index is 12.3. The molecular weight excluding hydrogens is 302 g/mol. The molecule has 128 valence electrons. The smallest absolute Gasteiger partial charge is 0.261 e. The molecule has 1 amide bonds. The van der Waals surface area contributed by atoms with Crippen molar-refractivity contribution in [3.8, 4) is 11.5 Å². The largest absolute Gasteiger partial charge is 0.497 e. The molecule has 0 spiro atoms. The first kappa shape index (κ1) is 17.9. The standard InChI is InChI=1S/C20H25NO3/c1-13-6-7-17(12-14(13)2)15(3)21-20(22)16(4)24-19-10-8-18(23-5)9-11-19/h6-12,15-16H,1-5H3,(H,21,22)/t15-,16+/m0/s1. The normalized spacial score (nSPS) is 13.0. The van der Waals surface area contributed by atoms with E-state index >= 15 is 0 Å². The second-order valence-corrected chi connectivity index (χ2v) is 6.01. The minimum absolute atomic E-state index is 0.0706. The number of methoxy groups -OCH3 is 1. The van der Waals surface area contributed by atoms with Crippen LogP contribution in [-0.4, -0.2) is 19.1 Å². The molecule has 2 atom stereocenters. The summed E-state index contributed by atoms with van der Waals surface area (Å²) in [6.07, 6.45) is -0.576. The molecule has 0 saturated heterocycles. The van der Waals surface area contributed by atoms with Crippen LogP contribution in [0.5, 0.6) is 11.5 Å². The van der Waals surface area contributed by atoms with Crippen LogP contribution < -0.4 is 14.8 Å². The summed E-state index contributed by atoms with van der Waals surface area (Å²) in [5.41, 5.74) is 3.55. The minimum Gasteiger partial charge on any atom is -0.497 e. The second kappa shape index (κ2) is 7.86. The number of amides is 1. The molecule has 0 aliphatic heterocycles. The van der Waals surface area contributed by atoms with E-state index in [0.717, 1.165) is 11.3 Å². The monoisotopic (exact) mass is 327 g/mol. The number of aryl methyl sites for hydroxylation is 2. The number of rotatable bonds is 6. The fourth-order valence-electron chi connectivity index (χ4n) is 2.36. The van der Waals surface area contributed by atoms with Gasteiger partial charge in [0.25, 0.3) is 5.91 Å². The maximum atomic E-state index is 12.3. The average molecular weight is 327 g/mol. The van der Waals surface area contributed by atoms with Crippen LogP contribution in [0.1, 0.15) is 36.6 Å². The molecule has 2 aromatic carbocycles. The van der Waals surface area contributed by atoms with Crippen molar-refractivity contribution in [3.05, 3.63) is 59.2 Å². The van der Waals surface area contributed by atoms with Crippen LogP contribution in [-0.2, 0) is 4.79 Å².